The van der Waals surface area contributed by atoms with Crippen LogP contribution in [0.5, 0.6) is 0 Å². The van der Waals surface area contributed by atoms with Crippen molar-refractivity contribution in [3.8, 4) is 0 Å². The second kappa shape index (κ2) is 3.82. The Bertz CT molecular complexity index is 202. The molecule has 82 valence electrons. The summed E-state index contributed by atoms with van der Waals surface area (Å²) in [6.45, 7) is 4.58. The Hall–Kier alpha value is -0.0800. The lowest BCUT2D eigenvalue weighted by Gasteiger charge is -2.29. The van der Waals surface area contributed by atoms with Gasteiger partial charge in [0.15, 0.2) is 0 Å². The molecule has 3 unspecified atom stereocenters. The SMILES string of the molecule is CC(C)OC1CCC2(CO)CCCC12. The molecule has 2 saturated carbocycles. The fraction of sp³-hybridized carbons (Fsp3) is 1.00. The lowest BCUT2D eigenvalue weighted by atomic mass is 9.81. The number of aliphatic hydroxyl groups excluding tert-OH is 1. The van der Waals surface area contributed by atoms with Crippen LogP contribution in [0.4, 0.5) is 0 Å². The van der Waals surface area contributed by atoms with E-state index in [9.17, 15) is 5.11 Å². The minimum Gasteiger partial charge on any atom is -0.396 e. The second-order valence-electron chi connectivity index (χ2n) is 5.28. The topological polar surface area (TPSA) is 29.5 Å². The first kappa shape index (κ1) is 10.4. The summed E-state index contributed by atoms with van der Waals surface area (Å²) in [5, 5.41) is 9.52. The van der Waals surface area contributed by atoms with Crippen LogP contribution in [0.1, 0.15) is 46.0 Å². The van der Waals surface area contributed by atoms with Gasteiger partial charge in [-0.25, -0.2) is 0 Å². The highest BCUT2D eigenvalue weighted by Crippen LogP contribution is 2.54. The van der Waals surface area contributed by atoms with Crippen LogP contribution >= 0.6 is 0 Å². The average molecular weight is 198 g/mol. The van der Waals surface area contributed by atoms with Crippen molar-refractivity contribution in [3.05, 3.63) is 0 Å². The molecule has 0 amide bonds. The standard InChI is InChI=1S/C12H22O2/c1-9(2)14-11-5-7-12(8-13)6-3-4-10(11)12/h9-11,13H,3-8H2,1-2H3. The van der Waals surface area contributed by atoms with Gasteiger partial charge < -0.3 is 9.84 Å². The molecule has 0 heterocycles. The molecule has 0 aliphatic heterocycles. The van der Waals surface area contributed by atoms with E-state index in [4.69, 9.17) is 4.74 Å². The summed E-state index contributed by atoms with van der Waals surface area (Å²) in [7, 11) is 0. The van der Waals surface area contributed by atoms with E-state index in [0.29, 0.717) is 24.7 Å². The number of rotatable bonds is 3. The maximum Gasteiger partial charge on any atom is 0.0613 e. The zero-order chi connectivity index (χ0) is 10.2. The minimum absolute atomic E-state index is 0.236. The summed E-state index contributed by atoms with van der Waals surface area (Å²) in [4.78, 5) is 0. The Labute approximate surface area is 86.6 Å². The van der Waals surface area contributed by atoms with Crippen LogP contribution in [-0.4, -0.2) is 23.9 Å². The highest BCUT2D eigenvalue weighted by Gasteiger charge is 2.51. The van der Waals surface area contributed by atoms with E-state index < -0.39 is 0 Å². The van der Waals surface area contributed by atoms with Crippen LogP contribution in [0.15, 0.2) is 0 Å². The molecule has 14 heavy (non-hydrogen) atoms. The third kappa shape index (κ3) is 1.59. The van der Waals surface area contributed by atoms with Gasteiger partial charge in [0, 0.05) is 6.61 Å². The summed E-state index contributed by atoms with van der Waals surface area (Å²) in [5.74, 6) is 0.634. The third-order valence-corrected chi connectivity index (χ3v) is 4.11. The fourth-order valence-electron chi connectivity index (χ4n) is 3.47. The van der Waals surface area contributed by atoms with Crippen molar-refractivity contribution >= 4 is 0 Å². The molecule has 2 aliphatic carbocycles. The quantitative estimate of drug-likeness (QED) is 0.754. The lowest BCUT2D eigenvalue weighted by Crippen LogP contribution is -2.31. The molecule has 2 fully saturated rings. The Kier molecular flexibility index (Phi) is 2.85. The molecule has 2 aliphatic rings. The van der Waals surface area contributed by atoms with Crippen LogP contribution in [0, 0.1) is 11.3 Å². The summed E-state index contributed by atoms with van der Waals surface area (Å²) in [6.07, 6.45) is 6.84. The Morgan fingerprint density at radius 1 is 1.36 bits per heavy atom. The first-order valence-electron chi connectivity index (χ1n) is 5.94. The van der Waals surface area contributed by atoms with Gasteiger partial charge in [-0.2, -0.15) is 0 Å². The van der Waals surface area contributed by atoms with E-state index in [1.165, 1.54) is 25.7 Å². The minimum atomic E-state index is 0.236. The van der Waals surface area contributed by atoms with Gasteiger partial charge in [-0.15, -0.1) is 0 Å². The van der Waals surface area contributed by atoms with E-state index in [0.717, 1.165) is 6.42 Å². The predicted octanol–water partition coefficient (Wildman–Crippen LogP) is 2.35. The smallest absolute Gasteiger partial charge is 0.0613 e. The number of fused-ring (bicyclic) bond motifs is 1. The molecule has 0 bridgehead atoms. The normalized spacial score (nSPS) is 42.0. The van der Waals surface area contributed by atoms with Crippen LogP contribution in [0.3, 0.4) is 0 Å². The van der Waals surface area contributed by atoms with Gasteiger partial charge in [0.25, 0.3) is 0 Å². The largest absolute Gasteiger partial charge is 0.396 e. The van der Waals surface area contributed by atoms with Crippen molar-refractivity contribution in [3.63, 3.8) is 0 Å². The first-order chi connectivity index (χ1) is 6.68. The average Bonchev–Trinajstić information content (AvgIpc) is 2.66. The molecule has 2 rings (SSSR count). The van der Waals surface area contributed by atoms with E-state index in [1.807, 2.05) is 0 Å². The summed E-state index contributed by atoms with van der Waals surface area (Å²) in [6, 6.07) is 0. The van der Waals surface area contributed by atoms with E-state index in [2.05, 4.69) is 13.8 Å². The maximum absolute atomic E-state index is 9.52. The van der Waals surface area contributed by atoms with E-state index in [-0.39, 0.29) is 5.41 Å². The van der Waals surface area contributed by atoms with Crippen LogP contribution in [0.2, 0.25) is 0 Å². The number of ether oxygens (including phenoxy) is 1. The van der Waals surface area contributed by atoms with Gasteiger partial charge in [0.05, 0.1) is 12.2 Å². The number of hydrogen-bond donors (Lipinski definition) is 1. The molecule has 2 heteroatoms. The molecule has 1 N–H and O–H groups in total. The van der Waals surface area contributed by atoms with Crippen LogP contribution < -0.4 is 0 Å². The molecule has 0 radical (unpaired) electrons. The van der Waals surface area contributed by atoms with Gasteiger partial charge >= 0.3 is 0 Å². The van der Waals surface area contributed by atoms with Crippen molar-refractivity contribution in [2.75, 3.05) is 6.61 Å². The second-order valence-corrected chi connectivity index (χ2v) is 5.28. The van der Waals surface area contributed by atoms with E-state index in [1.54, 1.807) is 0 Å². The molecule has 0 aromatic heterocycles. The van der Waals surface area contributed by atoms with Crippen LogP contribution in [-0.2, 0) is 4.74 Å². The van der Waals surface area contributed by atoms with Crippen molar-refractivity contribution in [1.82, 2.24) is 0 Å². The molecule has 3 atom stereocenters. The number of aliphatic hydroxyl groups is 1. The number of hydrogen-bond acceptors (Lipinski definition) is 2. The van der Waals surface area contributed by atoms with Gasteiger partial charge in [0.2, 0.25) is 0 Å². The monoisotopic (exact) mass is 198 g/mol. The van der Waals surface area contributed by atoms with Gasteiger partial charge in [-0.1, -0.05) is 6.42 Å². The van der Waals surface area contributed by atoms with Crippen molar-refractivity contribution < 1.29 is 9.84 Å². The van der Waals surface area contributed by atoms with Crippen molar-refractivity contribution in [1.29, 1.82) is 0 Å². The third-order valence-electron chi connectivity index (χ3n) is 4.11. The molecular formula is C12H22O2. The maximum atomic E-state index is 9.52. The molecule has 0 spiro atoms. The van der Waals surface area contributed by atoms with Gasteiger partial charge in [-0.05, 0) is 50.9 Å². The van der Waals surface area contributed by atoms with Gasteiger partial charge in [0.1, 0.15) is 0 Å². The summed E-state index contributed by atoms with van der Waals surface area (Å²) in [5.41, 5.74) is 0.236. The molecular weight excluding hydrogens is 176 g/mol. The summed E-state index contributed by atoms with van der Waals surface area (Å²) < 4.78 is 5.94. The van der Waals surface area contributed by atoms with Crippen LogP contribution in [0.25, 0.3) is 0 Å². The summed E-state index contributed by atoms with van der Waals surface area (Å²) >= 11 is 0. The molecule has 0 aromatic carbocycles. The predicted molar refractivity (Wildman–Crippen MR) is 56.1 cm³/mol. The molecule has 0 saturated heterocycles. The lowest BCUT2D eigenvalue weighted by molar-refractivity contribution is -0.0319. The molecule has 2 nitrogen and oxygen atoms in total. The highest BCUT2D eigenvalue weighted by atomic mass is 16.5. The Morgan fingerprint density at radius 3 is 2.79 bits per heavy atom. The zero-order valence-electron chi connectivity index (χ0n) is 9.33. The first-order valence-corrected chi connectivity index (χ1v) is 5.94. The van der Waals surface area contributed by atoms with Gasteiger partial charge in [-0.3, -0.25) is 0 Å². The Morgan fingerprint density at radius 2 is 2.14 bits per heavy atom. The zero-order valence-corrected chi connectivity index (χ0v) is 9.33. The van der Waals surface area contributed by atoms with E-state index >= 15 is 0 Å². The fourth-order valence-corrected chi connectivity index (χ4v) is 3.47. The highest BCUT2D eigenvalue weighted by molar-refractivity contribution is 5.01. The van der Waals surface area contributed by atoms with Crippen molar-refractivity contribution in [2.45, 2.75) is 58.2 Å². The molecule has 0 aromatic rings. The van der Waals surface area contributed by atoms with Crippen molar-refractivity contribution in [2.24, 2.45) is 11.3 Å². The Balaban J connectivity index is 2.04.